The summed E-state index contributed by atoms with van der Waals surface area (Å²) < 4.78 is 1.16. The van der Waals surface area contributed by atoms with Gasteiger partial charge in [-0.25, -0.2) is 0 Å². The lowest BCUT2D eigenvalue weighted by molar-refractivity contribution is 0.293. The predicted octanol–water partition coefficient (Wildman–Crippen LogP) is 5.00. The molecule has 1 aliphatic carbocycles. The summed E-state index contributed by atoms with van der Waals surface area (Å²) in [6, 6.07) is 6.53. The van der Waals surface area contributed by atoms with Gasteiger partial charge >= 0.3 is 0 Å². The molecule has 0 aromatic heterocycles. The van der Waals surface area contributed by atoms with E-state index in [0.29, 0.717) is 0 Å². The molecule has 1 aromatic rings. The van der Waals surface area contributed by atoms with Gasteiger partial charge in [-0.2, -0.15) is 0 Å². The molecule has 0 amide bonds. The van der Waals surface area contributed by atoms with E-state index in [2.05, 4.69) is 53.3 Å². The molecule has 0 bridgehead atoms. The minimum absolute atomic E-state index is 0.859. The Morgan fingerprint density at radius 2 is 2.12 bits per heavy atom. The van der Waals surface area contributed by atoms with Gasteiger partial charge in [0.15, 0.2) is 0 Å². The van der Waals surface area contributed by atoms with E-state index < -0.39 is 0 Å². The van der Waals surface area contributed by atoms with Gasteiger partial charge in [0.2, 0.25) is 0 Å². The lowest BCUT2D eigenvalue weighted by Crippen LogP contribution is -2.21. The van der Waals surface area contributed by atoms with Crippen LogP contribution in [0.3, 0.4) is 0 Å². The molecule has 0 saturated heterocycles. The molecule has 1 saturated carbocycles. The summed E-state index contributed by atoms with van der Waals surface area (Å²) in [5.41, 5.74) is 2.55. The maximum atomic E-state index is 3.59. The number of anilines is 1. The van der Waals surface area contributed by atoms with Crippen molar-refractivity contribution in [3.63, 3.8) is 0 Å². The van der Waals surface area contributed by atoms with Gasteiger partial charge < -0.3 is 5.32 Å². The molecule has 1 nitrogen and oxygen atoms in total. The molecule has 2 unspecified atom stereocenters. The van der Waals surface area contributed by atoms with Crippen LogP contribution in [-0.4, -0.2) is 6.54 Å². The van der Waals surface area contributed by atoms with Gasteiger partial charge in [0.05, 0.1) is 0 Å². The lowest BCUT2D eigenvalue weighted by atomic mass is 9.82. The van der Waals surface area contributed by atoms with Crippen LogP contribution in [0.15, 0.2) is 22.7 Å². The van der Waals surface area contributed by atoms with Crippen LogP contribution in [0.25, 0.3) is 0 Å². The maximum absolute atomic E-state index is 3.59. The van der Waals surface area contributed by atoms with Gasteiger partial charge in [0.25, 0.3) is 0 Å². The molecule has 0 radical (unpaired) electrons. The molecule has 1 fully saturated rings. The summed E-state index contributed by atoms with van der Waals surface area (Å²) in [5, 5.41) is 3.59. The van der Waals surface area contributed by atoms with Crippen molar-refractivity contribution in [3.05, 3.63) is 28.2 Å². The van der Waals surface area contributed by atoms with Crippen LogP contribution in [0, 0.1) is 18.8 Å². The van der Waals surface area contributed by atoms with Crippen LogP contribution in [0.1, 0.15) is 38.2 Å². The largest absolute Gasteiger partial charge is 0.385 e. The predicted molar refractivity (Wildman–Crippen MR) is 78.5 cm³/mol. The SMILES string of the molecule is Cc1cc(Br)cc(NCC2CCCC(C)C2)c1. The first-order valence-electron chi connectivity index (χ1n) is 6.64. The highest BCUT2D eigenvalue weighted by Gasteiger charge is 2.18. The monoisotopic (exact) mass is 295 g/mol. The minimum Gasteiger partial charge on any atom is -0.385 e. The van der Waals surface area contributed by atoms with Gasteiger partial charge in [-0.15, -0.1) is 0 Å². The summed E-state index contributed by atoms with van der Waals surface area (Å²) >= 11 is 3.55. The van der Waals surface area contributed by atoms with Crippen molar-refractivity contribution < 1.29 is 0 Å². The molecule has 1 aromatic carbocycles. The third-order valence-electron chi connectivity index (χ3n) is 3.68. The topological polar surface area (TPSA) is 12.0 Å². The standard InChI is InChI=1S/C15H22BrN/c1-11-4-3-5-13(6-11)10-17-15-8-12(2)7-14(16)9-15/h7-9,11,13,17H,3-6,10H2,1-2H3. The fourth-order valence-electron chi connectivity index (χ4n) is 2.85. The first-order valence-corrected chi connectivity index (χ1v) is 7.44. The third-order valence-corrected chi connectivity index (χ3v) is 4.14. The zero-order valence-corrected chi connectivity index (χ0v) is 12.4. The van der Waals surface area contributed by atoms with Crippen LogP contribution in [0.5, 0.6) is 0 Å². The second kappa shape index (κ2) is 5.90. The molecule has 94 valence electrons. The highest BCUT2D eigenvalue weighted by atomic mass is 79.9. The Balaban J connectivity index is 1.88. The molecule has 0 heterocycles. The fraction of sp³-hybridized carbons (Fsp3) is 0.600. The van der Waals surface area contributed by atoms with Gasteiger partial charge in [-0.05, 0) is 55.4 Å². The number of hydrogen-bond donors (Lipinski definition) is 1. The van der Waals surface area contributed by atoms with E-state index in [1.807, 2.05) is 0 Å². The van der Waals surface area contributed by atoms with Gasteiger partial charge in [-0.1, -0.05) is 35.7 Å². The fourth-order valence-corrected chi connectivity index (χ4v) is 3.45. The Hall–Kier alpha value is -0.500. The van der Waals surface area contributed by atoms with Crippen LogP contribution in [0.2, 0.25) is 0 Å². The Morgan fingerprint density at radius 1 is 1.29 bits per heavy atom. The van der Waals surface area contributed by atoms with E-state index in [4.69, 9.17) is 0 Å². The summed E-state index contributed by atoms with van der Waals surface area (Å²) in [6.07, 6.45) is 5.61. The first kappa shape index (κ1) is 12.9. The molecular formula is C15H22BrN. The Labute approximate surface area is 113 Å². The Kier molecular flexibility index (Phi) is 4.49. The van der Waals surface area contributed by atoms with Crippen molar-refractivity contribution in [1.29, 1.82) is 0 Å². The molecule has 2 heteroatoms. The Morgan fingerprint density at radius 3 is 2.82 bits per heavy atom. The maximum Gasteiger partial charge on any atom is 0.0354 e. The van der Waals surface area contributed by atoms with Crippen molar-refractivity contribution in [2.75, 3.05) is 11.9 Å². The highest BCUT2D eigenvalue weighted by molar-refractivity contribution is 9.10. The quantitative estimate of drug-likeness (QED) is 0.828. The molecule has 2 rings (SSSR count). The number of rotatable bonds is 3. The highest BCUT2D eigenvalue weighted by Crippen LogP contribution is 2.29. The molecule has 0 spiro atoms. The number of nitrogens with one attached hydrogen (secondary N) is 1. The molecule has 17 heavy (non-hydrogen) atoms. The summed E-state index contributed by atoms with van der Waals surface area (Å²) in [5.74, 6) is 1.78. The van der Waals surface area contributed by atoms with Crippen molar-refractivity contribution in [1.82, 2.24) is 0 Å². The zero-order chi connectivity index (χ0) is 12.3. The van der Waals surface area contributed by atoms with E-state index in [-0.39, 0.29) is 0 Å². The molecule has 2 atom stereocenters. The van der Waals surface area contributed by atoms with Crippen molar-refractivity contribution in [3.8, 4) is 0 Å². The van der Waals surface area contributed by atoms with Gasteiger partial charge in [0, 0.05) is 16.7 Å². The summed E-state index contributed by atoms with van der Waals surface area (Å²) in [6.45, 7) is 5.65. The van der Waals surface area contributed by atoms with Crippen LogP contribution in [-0.2, 0) is 0 Å². The molecular weight excluding hydrogens is 274 g/mol. The summed E-state index contributed by atoms with van der Waals surface area (Å²) in [4.78, 5) is 0. The smallest absolute Gasteiger partial charge is 0.0354 e. The third kappa shape index (κ3) is 4.02. The average molecular weight is 296 g/mol. The van der Waals surface area contributed by atoms with E-state index in [1.165, 1.54) is 36.9 Å². The van der Waals surface area contributed by atoms with E-state index in [1.54, 1.807) is 0 Å². The van der Waals surface area contributed by atoms with Gasteiger partial charge in [-0.3, -0.25) is 0 Å². The van der Waals surface area contributed by atoms with Crippen molar-refractivity contribution >= 4 is 21.6 Å². The minimum atomic E-state index is 0.859. The number of aryl methyl sites for hydroxylation is 1. The van der Waals surface area contributed by atoms with E-state index in [0.717, 1.165) is 22.9 Å². The number of hydrogen-bond acceptors (Lipinski definition) is 1. The molecule has 0 aliphatic heterocycles. The van der Waals surface area contributed by atoms with Crippen LogP contribution >= 0.6 is 15.9 Å². The first-order chi connectivity index (χ1) is 8.13. The number of benzene rings is 1. The second-order valence-electron chi connectivity index (χ2n) is 5.54. The average Bonchev–Trinajstić information content (AvgIpc) is 2.25. The normalized spacial score (nSPS) is 24.6. The van der Waals surface area contributed by atoms with E-state index >= 15 is 0 Å². The van der Waals surface area contributed by atoms with Crippen LogP contribution in [0.4, 0.5) is 5.69 Å². The molecule has 1 N–H and O–H groups in total. The Bertz CT molecular complexity index is 355. The van der Waals surface area contributed by atoms with Gasteiger partial charge in [0.1, 0.15) is 0 Å². The zero-order valence-electron chi connectivity index (χ0n) is 10.8. The van der Waals surface area contributed by atoms with Crippen molar-refractivity contribution in [2.24, 2.45) is 11.8 Å². The number of halogens is 1. The lowest BCUT2D eigenvalue weighted by Gasteiger charge is -2.27. The van der Waals surface area contributed by atoms with Crippen molar-refractivity contribution in [2.45, 2.75) is 39.5 Å². The van der Waals surface area contributed by atoms with E-state index in [9.17, 15) is 0 Å². The second-order valence-corrected chi connectivity index (χ2v) is 6.45. The summed E-state index contributed by atoms with van der Waals surface area (Å²) in [7, 11) is 0. The van der Waals surface area contributed by atoms with Crippen LogP contribution < -0.4 is 5.32 Å². The molecule has 1 aliphatic rings.